The molecule has 0 fully saturated rings. The summed E-state index contributed by atoms with van der Waals surface area (Å²) in [6.07, 6.45) is 0.281. The first-order valence-electron chi connectivity index (χ1n) is 8.70. The lowest BCUT2D eigenvalue weighted by atomic mass is 10.1. The van der Waals surface area contributed by atoms with Gasteiger partial charge in [0.25, 0.3) is 0 Å². The number of nitrogens with zero attached hydrogens (tertiary/aromatic N) is 1. The van der Waals surface area contributed by atoms with Crippen LogP contribution in [-0.2, 0) is 11.2 Å². The van der Waals surface area contributed by atoms with E-state index in [9.17, 15) is 4.79 Å². The lowest BCUT2D eigenvalue weighted by Gasteiger charge is -2.06. The number of carbonyl (C=O) groups excluding carboxylic acids is 1. The van der Waals surface area contributed by atoms with E-state index >= 15 is 0 Å². The first-order valence-corrected chi connectivity index (χ1v) is 9.50. The summed E-state index contributed by atoms with van der Waals surface area (Å²) < 4.78 is 11.9. The molecule has 1 heterocycles. The maximum Gasteiger partial charge on any atom is 0.228 e. The van der Waals surface area contributed by atoms with Crippen molar-refractivity contribution < 1.29 is 13.9 Å². The Labute approximate surface area is 170 Å². The van der Waals surface area contributed by atoms with E-state index in [4.69, 9.17) is 9.15 Å². The van der Waals surface area contributed by atoms with Crippen molar-refractivity contribution in [2.75, 3.05) is 12.4 Å². The highest BCUT2D eigenvalue weighted by molar-refractivity contribution is 9.10. The topological polar surface area (TPSA) is 64.4 Å². The monoisotopic (exact) mass is 436 g/mol. The van der Waals surface area contributed by atoms with Crippen molar-refractivity contribution in [3.63, 3.8) is 0 Å². The van der Waals surface area contributed by atoms with Crippen LogP contribution < -0.4 is 10.1 Å². The maximum atomic E-state index is 12.4. The summed E-state index contributed by atoms with van der Waals surface area (Å²) >= 11 is 3.51. The normalized spacial score (nSPS) is 10.8. The highest BCUT2D eigenvalue weighted by atomic mass is 79.9. The SMILES string of the molecule is COc1ccc(CC(=O)Nc2ccc3oc(-c4ccccc4Br)nc3c2)cc1. The second kappa shape index (κ2) is 7.86. The number of amides is 1. The van der Waals surface area contributed by atoms with Crippen LogP contribution in [0.3, 0.4) is 0 Å². The molecular formula is C22H17BrN2O3. The van der Waals surface area contributed by atoms with Gasteiger partial charge in [-0.2, -0.15) is 0 Å². The minimum Gasteiger partial charge on any atom is -0.497 e. The van der Waals surface area contributed by atoms with Gasteiger partial charge < -0.3 is 14.5 Å². The molecule has 0 spiro atoms. The van der Waals surface area contributed by atoms with E-state index in [1.807, 2.05) is 66.7 Å². The number of hydrogen-bond donors (Lipinski definition) is 1. The zero-order valence-electron chi connectivity index (χ0n) is 15.1. The standard InChI is InChI=1S/C22H17BrN2O3/c1-27-16-9-6-14(7-10-16)12-21(26)24-15-8-11-20-19(13-15)25-22(28-20)17-4-2-3-5-18(17)23/h2-11,13H,12H2,1H3,(H,24,26). The van der Waals surface area contributed by atoms with Crippen LogP contribution in [-0.4, -0.2) is 18.0 Å². The van der Waals surface area contributed by atoms with Gasteiger partial charge >= 0.3 is 0 Å². The van der Waals surface area contributed by atoms with Gasteiger partial charge in [0.1, 0.15) is 11.3 Å². The Morgan fingerprint density at radius 1 is 1.11 bits per heavy atom. The fourth-order valence-corrected chi connectivity index (χ4v) is 3.34. The molecule has 0 atom stereocenters. The van der Waals surface area contributed by atoms with Gasteiger partial charge in [0.15, 0.2) is 5.58 Å². The van der Waals surface area contributed by atoms with Gasteiger partial charge in [0.2, 0.25) is 11.8 Å². The summed E-state index contributed by atoms with van der Waals surface area (Å²) in [6.45, 7) is 0. The van der Waals surface area contributed by atoms with Gasteiger partial charge in [-0.05, 0) is 64.0 Å². The Balaban J connectivity index is 1.51. The molecule has 0 aliphatic rings. The van der Waals surface area contributed by atoms with Crippen molar-refractivity contribution in [2.24, 2.45) is 0 Å². The Hall–Kier alpha value is -3.12. The van der Waals surface area contributed by atoms with Crippen molar-refractivity contribution in [2.45, 2.75) is 6.42 Å². The molecule has 1 amide bonds. The molecular weight excluding hydrogens is 420 g/mol. The Bertz CT molecular complexity index is 1140. The van der Waals surface area contributed by atoms with Crippen LogP contribution in [0.1, 0.15) is 5.56 Å². The molecule has 3 aromatic carbocycles. The van der Waals surface area contributed by atoms with Crippen molar-refractivity contribution in [3.8, 4) is 17.2 Å². The molecule has 4 aromatic rings. The van der Waals surface area contributed by atoms with Crippen LogP contribution in [0.2, 0.25) is 0 Å². The third kappa shape index (κ3) is 3.92. The molecule has 0 bridgehead atoms. The third-order valence-corrected chi connectivity index (χ3v) is 4.99. The number of rotatable bonds is 5. The summed E-state index contributed by atoms with van der Waals surface area (Å²) in [6, 6.07) is 20.6. The predicted molar refractivity (Wildman–Crippen MR) is 112 cm³/mol. The van der Waals surface area contributed by atoms with Gasteiger partial charge in [0, 0.05) is 10.2 Å². The van der Waals surface area contributed by atoms with Crippen LogP contribution in [0.25, 0.3) is 22.6 Å². The summed E-state index contributed by atoms with van der Waals surface area (Å²) in [7, 11) is 1.61. The zero-order valence-corrected chi connectivity index (χ0v) is 16.7. The molecule has 5 nitrogen and oxygen atoms in total. The fourth-order valence-electron chi connectivity index (χ4n) is 2.89. The predicted octanol–water partition coefficient (Wildman–Crippen LogP) is 5.45. The molecule has 0 aliphatic carbocycles. The summed E-state index contributed by atoms with van der Waals surface area (Å²) in [4.78, 5) is 16.9. The van der Waals surface area contributed by atoms with Gasteiger partial charge in [-0.1, -0.05) is 24.3 Å². The Morgan fingerprint density at radius 3 is 2.64 bits per heavy atom. The lowest BCUT2D eigenvalue weighted by Crippen LogP contribution is -2.14. The van der Waals surface area contributed by atoms with E-state index < -0.39 is 0 Å². The molecule has 0 saturated heterocycles. The maximum absolute atomic E-state index is 12.4. The molecule has 28 heavy (non-hydrogen) atoms. The Morgan fingerprint density at radius 2 is 1.89 bits per heavy atom. The van der Waals surface area contributed by atoms with E-state index in [0.29, 0.717) is 22.7 Å². The van der Waals surface area contributed by atoms with Gasteiger partial charge in [0.05, 0.1) is 19.1 Å². The second-order valence-electron chi connectivity index (χ2n) is 6.25. The van der Waals surface area contributed by atoms with Crippen molar-refractivity contribution in [1.29, 1.82) is 0 Å². The summed E-state index contributed by atoms with van der Waals surface area (Å²) in [5.41, 5.74) is 3.82. The zero-order chi connectivity index (χ0) is 19.5. The van der Waals surface area contributed by atoms with Crippen molar-refractivity contribution in [3.05, 3.63) is 76.8 Å². The molecule has 140 valence electrons. The molecule has 0 saturated carbocycles. The van der Waals surface area contributed by atoms with Crippen molar-refractivity contribution in [1.82, 2.24) is 4.98 Å². The quantitative estimate of drug-likeness (QED) is 0.451. The Kier molecular flexibility index (Phi) is 5.12. The number of oxazole rings is 1. The minimum atomic E-state index is -0.0981. The average molecular weight is 437 g/mol. The number of methoxy groups -OCH3 is 1. The number of ether oxygens (including phenoxy) is 1. The van der Waals surface area contributed by atoms with E-state index in [2.05, 4.69) is 26.2 Å². The number of hydrogen-bond acceptors (Lipinski definition) is 4. The molecule has 1 aromatic heterocycles. The van der Waals surface area contributed by atoms with E-state index in [-0.39, 0.29) is 12.3 Å². The van der Waals surface area contributed by atoms with E-state index in [1.165, 1.54) is 0 Å². The summed E-state index contributed by atoms with van der Waals surface area (Å²) in [5.74, 6) is 1.20. The van der Waals surface area contributed by atoms with Gasteiger partial charge in [-0.15, -0.1) is 0 Å². The fraction of sp³-hybridized carbons (Fsp3) is 0.0909. The van der Waals surface area contributed by atoms with Crippen LogP contribution in [0, 0.1) is 0 Å². The van der Waals surface area contributed by atoms with Gasteiger partial charge in [-0.25, -0.2) is 4.98 Å². The third-order valence-electron chi connectivity index (χ3n) is 4.30. The molecule has 1 N–H and O–H groups in total. The highest BCUT2D eigenvalue weighted by Gasteiger charge is 2.12. The van der Waals surface area contributed by atoms with Crippen LogP contribution in [0.5, 0.6) is 5.75 Å². The molecule has 4 rings (SSSR count). The van der Waals surface area contributed by atoms with Crippen LogP contribution in [0.15, 0.2) is 75.6 Å². The highest BCUT2D eigenvalue weighted by Crippen LogP contribution is 2.30. The lowest BCUT2D eigenvalue weighted by molar-refractivity contribution is -0.115. The molecule has 0 aliphatic heterocycles. The van der Waals surface area contributed by atoms with Gasteiger partial charge in [-0.3, -0.25) is 4.79 Å². The number of aromatic nitrogens is 1. The number of fused-ring (bicyclic) bond motifs is 1. The number of nitrogens with one attached hydrogen (secondary N) is 1. The molecule has 6 heteroatoms. The smallest absolute Gasteiger partial charge is 0.228 e. The van der Waals surface area contributed by atoms with Crippen LogP contribution in [0.4, 0.5) is 5.69 Å². The second-order valence-corrected chi connectivity index (χ2v) is 7.11. The molecule has 0 radical (unpaired) electrons. The number of halogens is 1. The number of carbonyl (C=O) groups is 1. The molecule has 0 unspecified atom stereocenters. The average Bonchev–Trinajstić information content (AvgIpc) is 3.12. The summed E-state index contributed by atoms with van der Waals surface area (Å²) in [5, 5.41) is 2.91. The first kappa shape index (κ1) is 18.3. The number of benzene rings is 3. The number of anilines is 1. The largest absolute Gasteiger partial charge is 0.497 e. The minimum absolute atomic E-state index is 0.0981. The van der Waals surface area contributed by atoms with Crippen molar-refractivity contribution >= 4 is 38.6 Å². The van der Waals surface area contributed by atoms with E-state index in [1.54, 1.807) is 7.11 Å². The van der Waals surface area contributed by atoms with Crippen LogP contribution >= 0.6 is 15.9 Å². The first-order chi connectivity index (χ1) is 13.6. The van der Waals surface area contributed by atoms with E-state index in [0.717, 1.165) is 21.3 Å².